The number of esters is 1. The quantitative estimate of drug-likeness (QED) is 0.649. The van der Waals surface area contributed by atoms with Crippen molar-refractivity contribution < 1.29 is 9.53 Å². The highest BCUT2D eigenvalue weighted by molar-refractivity contribution is 5.79. The zero-order chi connectivity index (χ0) is 14.4. The van der Waals surface area contributed by atoms with Crippen LogP contribution in [0.5, 0.6) is 0 Å². The zero-order valence-corrected chi connectivity index (χ0v) is 11.1. The lowest BCUT2D eigenvalue weighted by molar-refractivity contribution is -0.145. The summed E-state index contributed by atoms with van der Waals surface area (Å²) in [7, 11) is 0. The minimum Gasteiger partial charge on any atom is -0.465 e. The first-order valence-electron chi connectivity index (χ1n) is 6.29. The fraction of sp³-hybridized carbons (Fsp3) is 0.583. The van der Waals surface area contributed by atoms with E-state index in [2.05, 4.69) is 4.98 Å². The number of hydrogen-bond donors (Lipinski definition) is 3. The Bertz CT molecular complexity index is 547. The average molecular weight is 269 g/mol. The second-order valence-corrected chi connectivity index (χ2v) is 4.18. The van der Waals surface area contributed by atoms with Crippen LogP contribution in [0.2, 0.25) is 0 Å². The molecule has 0 spiro atoms. The van der Waals surface area contributed by atoms with E-state index in [1.807, 2.05) is 11.9 Å². The Kier molecular flexibility index (Phi) is 5.35. The molecule has 0 aliphatic rings. The molecule has 0 fully saturated rings. The van der Waals surface area contributed by atoms with Gasteiger partial charge < -0.3 is 15.5 Å². The smallest absolute Gasteiger partial charge is 0.326 e. The largest absolute Gasteiger partial charge is 0.465 e. The van der Waals surface area contributed by atoms with Crippen molar-refractivity contribution in [2.75, 3.05) is 12.3 Å². The van der Waals surface area contributed by atoms with Crippen LogP contribution in [0.1, 0.15) is 44.7 Å². The Hall–Kier alpha value is -2.05. The summed E-state index contributed by atoms with van der Waals surface area (Å²) in [5.74, 6) is -1.20. The van der Waals surface area contributed by atoms with Crippen LogP contribution in [0.3, 0.4) is 0 Å². The molecule has 1 rings (SSSR count). The molecular formula is C12H19N3O4. The molecule has 7 nitrogen and oxygen atoms in total. The first-order valence-corrected chi connectivity index (χ1v) is 6.29. The van der Waals surface area contributed by atoms with Crippen LogP contribution in [0.15, 0.2) is 9.59 Å². The van der Waals surface area contributed by atoms with Crippen molar-refractivity contribution >= 4 is 11.7 Å². The number of nitrogens with one attached hydrogen (secondary N) is 2. The molecule has 0 aromatic carbocycles. The molecule has 0 saturated heterocycles. The van der Waals surface area contributed by atoms with E-state index in [4.69, 9.17) is 10.5 Å². The van der Waals surface area contributed by atoms with Crippen LogP contribution in [0, 0.1) is 0 Å². The molecule has 0 aliphatic heterocycles. The third-order valence-corrected chi connectivity index (χ3v) is 2.78. The van der Waals surface area contributed by atoms with E-state index >= 15 is 0 Å². The molecule has 1 heterocycles. The highest BCUT2D eigenvalue weighted by atomic mass is 16.5. The first kappa shape index (κ1) is 15.0. The number of anilines is 1. The predicted octanol–water partition coefficient (Wildman–Crippen LogP) is 0.482. The lowest BCUT2D eigenvalue weighted by atomic mass is 9.97. The standard InChI is InChI=1S/C12H19N3O4/c1-3-5-6-7(11(17)19-4-2)9-8(13)10(16)15-12(18)14-9/h7H,3-6,13H2,1-2H3,(H2,14,15,16,18). The molecule has 1 unspecified atom stereocenters. The van der Waals surface area contributed by atoms with Crippen LogP contribution in [0.25, 0.3) is 0 Å². The predicted molar refractivity (Wildman–Crippen MR) is 71.0 cm³/mol. The van der Waals surface area contributed by atoms with Crippen molar-refractivity contribution in [2.24, 2.45) is 0 Å². The molecule has 7 heteroatoms. The Morgan fingerprint density at radius 2 is 2.00 bits per heavy atom. The van der Waals surface area contributed by atoms with Crippen molar-refractivity contribution in [1.82, 2.24) is 9.97 Å². The highest BCUT2D eigenvalue weighted by Gasteiger charge is 2.25. The fourth-order valence-corrected chi connectivity index (χ4v) is 1.82. The molecule has 19 heavy (non-hydrogen) atoms. The number of H-pyrrole nitrogens is 2. The molecule has 0 bridgehead atoms. The summed E-state index contributed by atoms with van der Waals surface area (Å²) in [5.41, 5.74) is 4.26. The van der Waals surface area contributed by atoms with Gasteiger partial charge in [0.1, 0.15) is 5.69 Å². The minimum absolute atomic E-state index is 0.139. The van der Waals surface area contributed by atoms with Gasteiger partial charge in [-0.05, 0) is 13.3 Å². The monoisotopic (exact) mass is 269 g/mol. The second-order valence-electron chi connectivity index (χ2n) is 4.18. The Labute approximate surface area is 110 Å². The topological polar surface area (TPSA) is 118 Å². The van der Waals surface area contributed by atoms with E-state index in [0.29, 0.717) is 6.42 Å². The highest BCUT2D eigenvalue weighted by Crippen LogP contribution is 2.24. The normalized spacial score (nSPS) is 12.1. The number of ether oxygens (including phenoxy) is 1. The van der Waals surface area contributed by atoms with E-state index < -0.39 is 23.1 Å². The third kappa shape index (κ3) is 3.70. The van der Waals surface area contributed by atoms with Crippen molar-refractivity contribution in [3.63, 3.8) is 0 Å². The van der Waals surface area contributed by atoms with Gasteiger partial charge >= 0.3 is 11.7 Å². The Morgan fingerprint density at radius 1 is 1.32 bits per heavy atom. The van der Waals surface area contributed by atoms with Crippen LogP contribution in [-0.2, 0) is 9.53 Å². The molecule has 1 aromatic rings. The van der Waals surface area contributed by atoms with Crippen LogP contribution < -0.4 is 17.0 Å². The lowest BCUT2D eigenvalue weighted by Gasteiger charge is -2.16. The molecule has 1 atom stereocenters. The fourth-order valence-electron chi connectivity index (χ4n) is 1.82. The van der Waals surface area contributed by atoms with E-state index in [0.717, 1.165) is 12.8 Å². The summed E-state index contributed by atoms with van der Waals surface area (Å²) >= 11 is 0. The molecular weight excluding hydrogens is 250 g/mol. The summed E-state index contributed by atoms with van der Waals surface area (Å²) in [5, 5.41) is 0. The van der Waals surface area contributed by atoms with Crippen molar-refractivity contribution in [1.29, 1.82) is 0 Å². The van der Waals surface area contributed by atoms with E-state index in [1.54, 1.807) is 6.92 Å². The maximum Gasteiger partial charge on any atom is 0.326 e. The van der Waals surface area contributed by atoms with Crippen molar-refractivity contribution in [3.05, 3.63) is 26.5 Å². The molecule has 0 radical (unpaired) electrons. The molecule has 0 aliphatic carbocycles. The molecule has 0 amide bonds. The Morgan fingerprint density at radius 3 is 2.58 bits per heavy atom. The molecule has 106 valence electrons. The number of aromatic nitrogens is 2. The minimum atomic E-state index is -0.713. The van der Waals surface area contributed by atoms with Crippen LogP contribution in [-0.4, -0.2) is 22.5 Å². The first-order chi connectivity index (χ1) is 9.01. The van der Waals surface area contributed by atoms with Gasteiger partial charge in [0.2, 0.25) is 0 Å². The van der Waals surface area contributed by atoms with E-state index in [9.17, 15) is 14.4 Å². The number of hydrogen-bond acceptors (Lipinski definition) is 5. The number of nitrogen functional groups attached to an aromatic ring is 1. The van der Waals surface area contributed by atoms with Crippen molar-refractivity contribution in [2.45, 2.75) is 39.0 Å². The number of nitrogens with two attached hydrogens (primary N) is 1. The number of rotatable bonds is 6. The maximum absolute atomic E-state index is 11.9. The third-order valence-electron chi connectivity index (χ3n) is 2.78. The van der Waals surface area contributed by atoms with Gasteiger partial charge in [-0.1, -0.05) is 19.8 Å². The van der Waals surface area contributed by atoms with Crippen LogP contribution >= 0.6 is 0 Å². The van der Waals surface area contributed by atoms with Crippen molar-refractivity contribution in [3.8, 4) is 0 Å². The summed E-state index contributed by atoms with van der Waals surface area (Å²) in [6.45, 7) is 3.90. The van der Waals surface area contributed by atoms with Gasteiger partial charge in [-0.15, -0.1) is 0 Å². The summed E-state index contributed by atoms with van der Waals surface area (Å²) in [4.78, 5) is 39.1. The molecule has 4 N–H and O–H groups in total. The van der Waals surface area contributed by atoms with Gasteiger partial charge in [0, 0.05) is 0 Å². The van der Waals surface area contributed by atoms with Gasteiger partial charge in [-0.3, -0.25) is 14.6 Å². The molecule has 1 aromatic heterocycles. The zero-order valence-electron chi connectivity index (χ0n) is 11.1. The van der Waals surface area contributed by atoms with Gasteiger partial charge in [-0.2, -0.15) is 0 Å². The second kappa shape index (κ2) is 6.77. The Balaban J connectivity index is 3.20. The van der Waals surface area contributed by atoms with Crippen LogP contribution in [0.4, 0.5) is 5.69 Å². The van der Waals surface area contributed by atoms with Gasteiger partial charge in [-0.25, -0.2) is 4.79 Å². The number of unbranched alkanes of at least 4 members (excludes halogenated alkanes) is 1. The SMILES string of the molecule is CCCCC(C(=O)OCC)c1[nH]c(=O)[nH]c(=O)c1N. The molecule has 0 saturated carbocycles. The summed E-state index contributed by atoms with van der Waals surface area (Å²) in [6, 6.07) is 0. The maximum atomic E-state index is 11.9. The van der Waals surface area contributed by atoms with E-state index in [-0.39, 0.29) is 18.0 Å². The summed E-state index contributed by atoms with van der Waals surface area (Å²) < 4.78 is 4.96. The number of carbonyl (C=O) groups excluding carboxylic acids is 1. The van der Waals surface area contributed by atoms with Gasteiger partial charge in [0.05, 0.1) is 18.2 Å². The summed E-state index contributed by atoms with van der Waals surface area (Å²) in [6.07, 6.45) is 2.11. The lowest BCUT2D eigenvalue weighted by Crippen LogP contribution is -2.30. The number of carbonyl (C=O) groups is 1. The van der Waals surface area contributed by atoms with Gasteiger partial charge in [0.25, 0.3) is 5.56 Å². The number of aromatic amines is 2. The van der Waals surface area contributed by atoms with Gasteiger partial charge in [0.15, 0.2) is 0 Å². The average Bonchev–Trinajstić information content (AvgIpc) is 2.35. The van der Waals surface area contributed by atoms with E-state index in [1.165, 1.54) is 0 Å².